The van der Waals surface area contributed by atoms with Crippen LogP contribution in [0.3, 0.4) is 0 Å². The highest BCUT2D eigenvalue weighted by Crippen LogP contribution is 2.13. The molecule has 0 aliphatic heterocycles. The van der Waals surface area contributed by atoms with Crippen LogP contribution in [0.4, 0.5) is 0 Å². The number of carbonyl (C=O) groups is 1. The van der Waals surface area contributed by atoms with Crippen LogP contribution in [-0.2, 0) is 9.53 Å². The minimum Gasteiger partial charge on any atom is -0.468 e. The molecule has 0 radical (unpaired) electrons. The van der Waals surface area contributed by atoms with E-state index in [2.05, 4.69) is 10.1 Å². The van der Waals surface area contributed by atoms with Gasteiger partial charge in [-0.1, -0.05) is 0 Å². The Morgan fingerprint density at radius 1 is 1.75 bits per heavy atom. The van der Waals surface area contributed by atoms with Gasteiger partial charge in [0.25, 0.3) is 0 Å². The van der Waals surface area contributed by atoms with Crippen molar-refractivity contribution in [2.24, 2.45) is 0 Å². The molecule has 2 unspecified atom stereocenters. The van der Waals surface area contributed by atoms with Crippen LogP contribution in [0.5, 0.6) is 0 Å². The molecule has 0 saturated heterocycles. The Balaban J connectivity index is 2.48. The third-order valence-electron chi connectivity index (χ3n) is 2.35. The number of rotatable bonds is 5. The van der Waals surface area contributed by atoms with Crippen LogP contribution in [0.1, 0.15) is 25.6 Å². The smallest absolute Gasteiger partial charge is 0.338 e. The van der Waals surface area contributed by atoms with Gasteiger partial charge in [0.15, 0.2) is 5.60 Å². The molecular formula is C11H17NO4. The monoisotopic (exact) mass is 227 g/mol. The van der Waals surface area contributed by atoms with Gasteiger partial charge in [0.05, 0.1) is 19.4 Å². The Hall–Kier alpha value is -1.33. The largest absolute Gasteiger partial charge is 0.468 e. The van der Waals surface area contributed by atoms with Gasteiger partial charge < -0.3 is 19.6 Å². The molecule has 0 spiro atoms. The van der Waals surface area contributed by atoms with Gasteiger partial charge in [-0.3, -0.25) is 0 Å². The van der Waals surface area contributed by atoms with Crippen LogP contribution < -0.4 is 5.32 Å². The maximum atomic E-state index is 11.2. The van der Waals surface area contributed by atoms with Gasteiger partial charge in [0.2, 0.25) is 0 Å². The summed E-state index contributed by atoms with van der Waals surface area (Å²) in [6.07, 6.45) is 1.58. The van der Waals surface area contributed by atoms with Gasteiger partial charge in [-0.15, -0.1) is 0 Å². The molecule has 0 bridgehead atoms. The summed E-state index contributed by atoms with van der Waals surface area (Å²) >= 11 is 0. The maximum Gasteiger partial charge on any atom is 0.338 e. The van der Waals surface area contributed by atoms with E-state index in [-0.39, 0.29) is 12.6 Å². The molecule has 16 heavy (non-hydrogen) atoms. The Morgan fingerprint density at radius 2 is 2.44 bits per heavy atom. The molecule has 0 saturated carbocycles. The molecule has 0 aliphatic carbocycles. The van der Waals surface area contributed by atoms with Gasteiger partial charge in [-0.2, -0.15) is 0 Å². The summed E-state index contributed by atoms with van der Waals surface area (Å²) in [4.78, 5) is 11.2. The van der Waals surface area contributed by atoms with E-state index in [0.29, 0.717) is 0 Å². The van der Waals surface area contributed by atoms with Crippen LogP contribution in [0, 0.1) is 0 Å². The van der Waals surface area contributed by atoms with E-state index < -0.39 is 11.6 Å². The fourth-order valence-electron chi connectivity index (χ4n) is 1.28. The van der Waals surface area contributed by atoms with Crippen LogP contribution in [0.25, 0.3) is 0 Å². The van der Waals surface area contributed by atoms with Crippen molar-refractivity contribution in [2.75, 3.05) is 13.7 Å². The first-order chi connectivity index (χ1) is 7.47. The summed E-state index contributed by atoms with van der Waals surface area (Å²) in [7, 11) is 1.24. The predicted octanol–water partition coefficient (Wildman–Crippen LogP) is 0.854. The van der Waals surface area contributed by atoms with Crippen molar-refractivity contribution in [2.45, 2.75) is 25.5 Å². The summed E-state index contributed by atoms with van der Waals surface area (Å²) in [5, 5.41) is 12.8. The first kappa shape index (κ1) is 12.7. The number of ether oxygens (including phenoxy) is 1. The molecule has 1 aromatic heterocycles. The molecule has 0 aromatic carbocycles. The number of furan rings is 1. The van der Waals surface area contributed by atoms with Crippen molar-refractivity contribution in [3.8, 4) is 0 Å². The topological polar surface area (TPSA) is 71.7 Å². The van der Waals surface area contributed by atoms with E-state index in [9.17, 15) is 9.90 Å². The molecule has 0 aliphatic rings. The van der Waals surface area contributed by atoms with Crippen molar-refractivity contribution in [3.05, 3.63) is 24.2 Å². The predicted molar refractivity (Wildman–Crippen MR) is 57.8 cm³/mol. The van der Waals surface area contributed by atoms with Crippen LogP contribution in [0.2, 0.25) is 0 Å². The summed E-state index contributed by atoms with van der Waals surface area (Å²) in [5.41, 5.74) is -1.53. The number of esters is 1. The third kappa shape index (κ3) is 3.08. The van der Waals surface area contributed by atoms with Gasteiger partial charge in [-0.25, -0.2) is 4.79 Å². The number of methoxy groups -OCH3 is 1. The Morgan fingerprint density at radius 3 is 2.94 bits per heavy atom. The molecule has 2 atom stereocenters. The van der Waals surface area contributed by atoms with Crippen molar-refractivity contribution in [1.29, 1.82) is 0 Å². The zero-order valence-electron chi connectivity index (χ0n) is 9.69. The molecule has 1 aromatic rings. The van der Waals surface area contributed by atoms with Crippen molar-refractivity contribution < 1.29 is 19.1 Å². The molecule has 5 nitrogen and oxygen atoms in total. The normalized spacial score (nSPS) is 16.5. The number of nitrogens with one attached hydrogen (secondary N) is 1. The fraction of sp³-hybridized carbons (Fsp3) is 0.545. The molecule has 0 fully saturated rings. The fourth-order valence-corrected chi connectivity index (χ4v) is 1.28. The number of hydrogen-bond donors (Lipinski definition) is 2. The second-order valence-corrected chi connectivity index (χ2v) is 3.88. The van der Waals surface area contributed by atoms with Gasteiger partial charge >= 0.3 is 5.97 Å². The lowest BCUT2D eigenvalue weighted by atomic mass is 10.1. The first-order valence-electron chi connectivity index (χ1n) is 5.05. The molecule has 1 rings (SSSR count). The van der Waals surface area contributed by atoms with Crippen LogP contribution in [0.15, 0.2) is 22.8 Å². The lowest BCUT2D eigenvalue weighted by molar-refractivity contribution is -0.160. The quantitative estimate of drug-likeness (QED) is 0.730. The van der Waals surface area contributed by atoms with Crippen molar-refractivity contribution in [3.63, 3.8) is 0 Å². The van der Waals surface area contributed by atoms with Gasteiger partial charge in [0, 0.05) is 6.54 Å². The van der Waals surface area contributed by atoms with Crippen LogP contribution in [-0.4, -0.2) is 30.3 Å². The second-order valence-electron chi connectivity index (χ2n) is 3.88. The SMILES string of the molecule is COC(=O)C(C)(O)CNC(C)c1ccco1. The standard InChI is InChI=1S/C11H17NO4/c1-8(9-5-4-6-16-9)12-7-11(2,14)10(13)15-3/h4-6,8,12,14H,7H2,1-3H3. The van der Waals surface area contributed by atoms with Gasteiger partial charge in [0.1, 0.15) is 5.76 Å². The van der Waals surface area contributed by atoms with E-state index in [1.165, 1.54) is 14.0 Å². The molecule has 90 valence electrons. The zero-order chi connectivity index (χ0) is 12.2. The summed E-state index contributed by atoms with van der Waals surface area (Å²) < 4.78 is 9.67. The number of carbonyl (C=O) groups excluding carboxylic acids is 1. The first-order valence-corrected chi connectivity index (χ1v) is 5.05. The zero-order valence-corrected chi connectivity index (χ0v) is 9.69. The minimum absolute atomic E-state index is 0.0777. The molecule has 5 heteroatoms. The maximum absolute atomic E-state index is 11.2. The van der Waals surface area contributed by atoms with E-state index in [1.807, 2.05) is 13.0 Å². The average molecular weight is 227 g/mol. The lowest BCUT2D eigenvalue weighted by Crippen LogP contribution is -2.46. The summed E-state index contributed by atoms with van der Waals surface area (Å²) in [5.74, 6) is 0.0901. The summed E-state index contributed by atoms with van der Waals surface area (Å²) in [6.45, 7) is 3.38. The van der Waals surface area contributed by atoms with Gasteiger partial charge in [-0.05, 0) is 26.0 Å². The van der Waals surface area contributed by atoms with E-state index >= 15 is 0 Å². The molecular weight excluding hydrogens is 210 g/mol. The summed E-state index contributed by atoms with van der Waals surface area (Å²) in [6, 6.07) is 3.53. The van der Waals surface area contributed by atoms with Crippen molar-refractivity contribution >= 4 is 5.97 Å². The highest BCUT2D eigenvalue weighted by atomic mass is 16.5. The van der Waals surface area contributed by atoms with Crippen LogP contribution >= 0.6 is 0 Å². The average Bonchev–Trinajstić information content (AvgIpc) is 2.78. The number of hydrogen-bond acceptors (Lipinski definition) is 5. The Labute approximate surface area is 94.4 Å². The lowest BCUT2D eigenvalue weighted by Gasteiger charge is -2.22. The minimum atomic E-state index is -1.53. The third-order valence-corrected chi connectivity index (χ3v) is 2.35. The molecule has 1 heterocycles. The van der Waals surface area contributed by atoms with E-state index in [1.54, 1.807) is 12.3 Å². The molecule has 0 amide bonds. The van der Waals surface area contributed by atoms with E-state index in [0.717, 1.165) is 5.76 Å². The Kier molecular flexibility index (Phi) is 4.09. The Bertz CT molecular complexity index is 332. The highest BCUT2D eigenvalue weighted by molar-refractivity contribution is 5.78. The second kappa shape index (κ2) is 5.14. The molecule has 2 N–H and O–H groups in total. The van der Waals surface area contributed by atoms with Crippen molar-refractivity contribution in [1.82, 2.24) is 5.32 Å². The highest BCUT2D eigenvalue weighted by Gasteiger charge is 2.31. The van der Waals surface area contributed by atoms with E-state index in [4.69, 9.17) is 4.42 Å². The number of aliphatic hydroxyl groups is 1.